The summed E-state index contributed by atoms with van der Waals surface area (Å²) in [5.41, 5.74) is 0.167. The molecule has 1 aromatic carbocycles. The monoisotopic (exact) mass is 327 g/mol. The Balaban J connectivity index is 2.91. The van der Waals surface area contributed by atoms with E-state index in [9.17, 15) is 5.11 Å². The molecule has 104 valence electrons. The van der Waals surface area contributed by atoms with Crippen LogP contribution >= 0.6 is 15.9 Å². The first-order valence-electron chi connectivity index (χ1n) is 5.90. The summed E-state index contributed by atoms with van der Waals surface area (Å²) in [4.78, 5) is 0. The Morgan fingerprint density at radius 2 is 2.16 bits per heavy atom. The Morgan fingerprint density at radius 1 is 1.47 bits per heavy atom. The number of aliphatic hydroxyl groups is 1. The maximum Gasteiger partial charge on any atom is 0.124 e. The second kappa shape index (κ2) is 6.90. The molecule has 1 aromatic rings. The third kappa shape index (κ3) is 4.50. The van der Waals surface area contributed by atoms with Crippen LogP contribution in [0.3, 0.4) is 0 Å². The zero-order valence-electron chi connectivity index (χ0n) is 11.3. The standard InChI is InChI=1S/C14H18BrNO3/c1-14(2,8-16)9-19-13(7-17)11-6-10(15)4-5-12(11)18-3/h4-6,13,17H,7,9H2,1-3H3. The highest BCUT2D eigenvalue weighted by molar-refractivity contribution is 9.10. The largest absolute Gasteiger partial charge is 0.496 e. The van der Waals surface area contributed by atoms with Gasteiger partial charge in [0.2, 0.25) is 0 Å². The van der Waals surface area contributed by atoms with E-state index in [1.165, 1.54) is 0 Å². The van der Waals surface area contributed by atoms with Gasteiger partial charge in [-0.3, -0.25) is 0 Å². The van der Waals surface area contributed by atoms with Gasteiger partial charge in [0, 0.05) is 10.0 Å². The number of nitriles is 1. The van der Waals surface area contributed by atoms with E-state index in [1.54, 1.807) is 27.0 Å². The van der Waals surface area contributed by atoms with Crippen LogP contribution in [0.1, 0.15) is 25.5 Å². The SMILES string of the molecule is COc1ccc(Br)cc1C(CO)OCC(C)(C)C#N. The first-order chi connectivity index (χ1) is 8.93. The first kappa shape index (κ1) is 16.0. The molecule has 0 aliphatic carbocycles. The van der Waals surface area contributed by atoms with Crippen LogP contribution in [0.25, 0.3) is 0 Å². The molecule has 4 nitrogen and oxygen atoms in total. The van der Waals surface area contributed by atoms with Crippen molar-refractivity contribution in [2.45, 2.75) is 20.0 Å². The van der Waals surface area contributed by atoms with Gasteiger partial charge in [-0.05, 0) is 32.0 Å². The average molecular weight is 328 g/mol. The lowest BCUT2D eigenvalue weighted by Gasteiger charge is -2.23. The molecule has 0 spiro atoms. The molecule has 1 unspecified atom stereocenters. The van der Waals surface area contributed by atoms with E-state index >= 15 is 0 Å². The highest BCUT2D eigenvalue weighted by Gasteiger charge is 2.22. The number of rotatable bonds is 6. The molecule has 0 saturated heterocycles. The van der Waals surface area contributed by atoms with Crippen molar-refractivity contribution in [2.75, 3.05) is 20.3 Å². The van der Waals surface area contributed by atoms with E-state index < -0.39 is 11.5 Å². The average Bonchev–Trinajstić information content (AvgIpc) is 2.39. The predicted molar refractivity (Wildman–Crippen MR) is 75.9 cm³/mol. The minimum atomic E-state index is -0.591. The van der Waals surface area contributed by atoms with Crippen LogP contribution in [0.15, 0.2) is 22.7 Å². The molecule has 1 rings (SSSR count). The fraction of sp³-hybridized carbons (Fsp3) is 0.500. The topological polar surface area (TPSA) is 62.5 Å². The van der Waals surface area contributed by atoms with Gasteiger partial charge in [-0.2, -0.15) is 5.26 Å². The molecule has 19 heavy (non-hydrogen) atoms. The molecule has 1 N–H and O–H groups in total. The summed E-state index contributed by atoms with van der Waals surface area (Å²) in [5.74, 6) is 0.650. The van der Waals surface area contributed by atoms with E-state index in [4.69, 9.17) is 14.7 Å². The molecule has 0 fully saturated rings. The summed E-state index contributed by atoms with van der Waals surface area (Å²) in [7, 11) is 1.57. The molecule has 0 heterocycles. The Labute approximate surface area is 122 Å². The molecular formula is C14H18BrNO3. The number of aliphatic hydroxyl groups excluding tert-OH is 1. The van der Waals surface area contributed by atoms with Crippen LogP contribution in [0.5, 0.6) is 5.75 Å². The minimum Gasteiger partial charge on any atom is -0.496 e. The summed E-state index contributed by atoms with van der Waals surface area (Å²) >= 11 is 3.38. The summed E-state index contributed by atoms with van der Waals surface area (Å²) < 4.78 is 11.8. The number of nitrogens with zero attached hydrogens (tertiary/aromatic N) is 1. The van der Waals surface area contributed by atoms with Crippen molar-refractivity contribution in [3.8, 4) is 11.8 Å². The lowest BCUT2D eigenvalue weighted by Crippen LogP contribution is -2.21. The number of halogens is 1. The maximum atomic E-state index is 9.48. The summed E-state index contributed by atoms with van der Waals surface area (Å²) in [6, 6.07) is 7.67. The van der Waals surface area contributed by atoms with Crippen molar-refractivity contribution in [3.63, 3.8) is 0 Å². The van der Waals surface area contributed by atoms with Gasteiger partial charge in [0.25, 0.3) is 0 Å². The lowest BCUT2D eigenvalue weighted by atomic mass is 9.97. The number of benzene rings is 1. The molecule has 1 atom stereocenters. The summed E-state index contributed by atoms with van der Waals surface area (Å²) in [6.45, 7) is 3.65. The lowest BCUT2D eigenvalue weighted by molar-refractivity contribution is -0.0147. The Morgan fingerprint density at radius 3 is 2.68 bits per heavy atom. The number of hydrogen-bond acceptors (Lipinski definition) is 4. The summed E-state index contributed by atoms with van der Waals surface area (Å²) in [5, 5.41) is 18.5. The van der Waals surface area contributed by atoms with Crippen molar-refractivity contribution in [1.82, 2.24) is 0 Å². The molecule has 0 saturated carbocycles. The van der Waals surface area contributed by atoms with Crippen LogP contribution in [-0.4, -0.2) is 25.4 Å². The van der Waals surface area contributed by atoms with Crippen molar-refractivity contribution < 1.29 is 14.6 Å². The molecule has 0 bridgehead atoms. The van der Waals surface area contributed by atoms with Crippen LogP contribution in [0, 0.1) is 16.7 Å². The van der Waals surface area contributed by atoms with Crippen LogP contribution in [0.4, 0.5) is 0 Å². The molecule has 5 heteroatoms. The third-order valence-electron chi connectivity index (χ3n) is 2.65. The van der Waals surface area contributed by atoms with Gasteiger partial charge >= 0.3 is 0 Å². The van der Waals surface area contributed by atoms with Crippen molar-refractivity contribution >= 4 is 15.9 Å². The number of hydrogen-bond donors (Lipinski definition) is 1. The van der Waals surface area contributed by atoms with E-state index in [0.29, 0.717) is 5.75 Å². The number of methoxy groups -OCH3 is 1. The Kier molecular flexibility index (Phi) is 5.80. The minimum absolute atomic E-state index is 0.172. The van der Waals surface area contributed by atoms with Gasteiger partial charge in [0.1, 0.15) is 11.9 Å². The van der Waals surface area contributed by atoms with E-state index in [0.717, 1.165) is 10.0 Å². The molecule has 0 radical (unpaired) electrons. The van der Waals surface area contributed by atoms with E-state index in [1.807, 2.05) is 12.1 Å². The highest BCUT2D eigenvalue weighted by atomic mass is 79.9. The molecule has 0 aliphatic rings. The Bertz CT molecular complexity index is 468. The molecular weight excluding hydrogens is 310 g/mol. The second-order valence-electron chi connectivity index (χ2n) is 4.86. The van der Waals surface area contributed by atoms with Crippen LogP contribution < -0.4 is 4.74 Å². The molecule has 0 aromatic heterocycles. The quantitative estimate of drug-likeness (QED) is 0.872. The van der Waals surface area contributed by atoms with Gasteiger partial charge in [-0.25, -0.2) is 0 Å². The zero-order chi connectivity index (χ0) is 14.5. The van der Waals surface area contributed by atoms with Crippen molar-refractivity contribution in [1.29, 1.82) is 5.26 Å². The van der Waals surface area contributed by atoms with Crippen molar-refractivity contribution in [2.24, 2.45) is 5.41 Å². The smallest absolute Gasteiger partial charge is 0.124 e. The maximum absolute atomic E-state index is 9.48. The normalized spacial score (nSPS) is 12.8. The Hall–Kier alpha value is -1.09. The summed E-state index contributed by atoms with van der Waals surface area (Å²) in [6.07, 6.45) is -0.514. The van der Waals surface area contributed by atoms with Crippen LogP contribution in [0.2, 0.25) is 0 Å². The fourth-order valence-electron chi connectivity index (χ4n) is 1.54. The van der Waals surface area contributed by atoms with E-state index in [2.05, 4.69) is 22.0 Å². The van der Waals surface area contributed by atoms with Gasteiger partial charge in [0.15, 0.2) is 0 Å². The third-order valence-corrected chi connectivity index (χ3v) is 3.15. The van der Waals surface area contributed by atoms with Gasteiger partial charge < -0.3 is 14.6 Å². The fourth-order valence-corrected chi connectivity index (χ4v) is 1.92. The van der Waals surface area contributed by atoms with Gasteiger partial charge in [-0.15, -0.1) is 0 Å². The predicted octanol–water partition coefficient (Wildman–Crippen LogP) is 3.06. The molecule has 0 amide bonds. The van der Waals surface area contributed by atoms with Gasteiger partial charge in [0.05, 0.1) is 31.8 Å². The number of ether oxygens (including phenoxy) is 2. The second-order valence-corrected chi connectivity index (χ2v) is 5.78. The van der Waals surface area contributed by atoms with Crippen molar-refractivity contribution in [3.05, 3.63) is 28.2 Å². The van der Waals surface area contributed by atoms with E-state index in [-0.39, 0.29) is 13.2 Å². The van der Waals surface area contributed by atoms with Gasteiger partial charge in [-0.1, -0.05) is 15.9 Å². The zero-order valence-corrected chi connectivity index (χ0v) is 12.9. The van der Waals surface area contributed by atoms with Crippen LogP contribution in [-0.2, 0) is 4.74 Å². The first-order valence-corrected chi connectivity index (χ1v) is 6.70. The molecule has 0 aliphatic heterocycles. The highest BCUT2D eigenvalue weighted by Crippen LogP contribution is 2.31.